The maximum absolute atomic E-state index is 12.4. The van der Waals surface area contributed by atoms with Crippen LogP contribution in [0.1, 0.15) is 33.2 Å². The second-order valence-electron chi connectivity index (χ2n) is 6.07. The van der Waals surface area contributed by atoms with E-state index in [0.29, 0.717) is 0 Å². The SMILES string of the molecule is Cc1c(C(=O)O[C@@H](C)C(=O)c2ccc(NS(C)(=O)=O)cc2)cccc1[N+](=O)[O-]. The lowest BCUT2D eigenvalue weighted by Gasteiger charge is -2.14. The first kappa shape index (κ1) is 21.0. The second-order valence-corrected chi connectivity index (χ2v) is 7.82. The summed E-state index contributed by atoms with van der Waals surface area (Å²) in [6.07, 6.45) is -0.136. The number of nitro benzene ring substituents is 1. The van der Waals surface area contributed by atoms with E-state index in [4.69, 9.17) is 4.74 Å². The molecule has 1 atom stereocenters. The van der Waals surface area contributed by atoms with Crippen LogP contribution in [0.25, 0.3) is 0 Å². The number of benzene rings is 2. The molecule has 0 saturated carbocycles. The minimum absolute atomic E-state index is 0.00144. The maximum atomic E-state index is 12.4. The predicted octanol–water partition coefficient (Wildman–Crippen LogP) is 2.70. The lowest BCUT2D eigenvalue weighted by molar-refractivity contribution is -0.385. The molecule has 0 aromatic heterocycles. The summed E-state index contributed by atoms with van der Waals surface area (Å²) in [6.45, 7) is 2.81. The Kier molecular flexibility index (Phi) is 6.14. The van der Waals surface area contributed by atoms with Gasteiger partial charge in [0.05, 0.1) is 16.7 Å². The standard InChI is InChI=1S/C18H18N2O7S/c1-11-15(5-4-6-16(11)20(23)24)18(22)27-12(2)17(21)13-7-9-14(10-8-13)19-28(3,25)26/h4-10,12,19H,1-3H3/t12-/m0/s1. The van der Waals surface area contributed by atoms with Crippen molar-refractivity contribution < 1.29 is 27.7 Å². The van der Waals surface area contributed by atoms with Gasteiger partial charge in [-0.05, 0) is 44.2 Å². The summed E-state index contributed by atoms with van der Waals surface area (Å²) >= 11 is 0. The molecule has 10 heteroatoms. The van der Waals surface area contributed by atoms with Crippen molar-refractivity contribution in [1.82, 2.24) is 0 Å². The number of nitrogens with one attached hydrogen (secondary N) is 1. The Hall–Kier alpha value is -3.27. The van der Waals surface area contributed by atoms with Crippen LogP contribution >= 0.6 is 0 Å². The molecule has 2 aromatic carbocycles. The van der Waals surface area contributed by atoms with Crippen LogP contribution in [-0.2, 0) is 14.8 Å². The largest absolute Gasteiger partial charge is 0.451 e. The van der Waals surface area contributed by atoms with E-state index >= 15 is 0 Å². The average molecular weight is 406 g/mol. The first-order valence-electron chi connectivity index (χ1n) is 8.06. The number of nitrogens with zero attached hydrogens (tertiary/aromatic N) is 1. The van der Waals surface area contributed by atoms with Crippen molar-refractivity contribution in [3.63, 3.8) is 0 Å². The molecule has 0 amide bonds. The van der Waals surface area contributed by atoms with Gasteiger partial charge in [0, 0.05) is 22.9 Å². The number of ketones is 1. The van der Waals surface area contributed by atoms with Crippen LogP contribution in [0.4, 0.5) is 11.4 Å². The number of rotatable bonds is 7. The highest BCUT2D eigenvalue weighted by molar-refractivity contribution is 7.92. The van der Waals surface area contributed by atoms with Gasteiger partial charge in [-0.2, -0.15) is 0 Å². The molecule has 0 aliphatic rings. The molecule has 2 rings (SSSR count). The molecule has 0 aliphatic carbocycles. The molecule has 0 bridgehead atoms. The number of hydrogen-bond acceptors (Lipinski definition) is 7. The number of carbonyl (C=O) groups is 2. The van der Waals surface area contributed by atoms with E-state index in [2.05, 4.69) is 4.72 Å². The first-order valence-corrected chi connectivity index (χ1v) is 9.96. The van der Waals surface area contributed by atoms with Crippen LogP contribution in [0.2, 0.25) is 0 Å². The van der Waals surface area contributed by atoms with E-state index in [9.17, 15) is 28.1 Å². The number of carbonyl (C=O) groups excluding carboxylic acids is 2. The van der Waals surface area contributed by atoms with Gasteiger partial charge in [0.15, 0.2) is 6.10 Å². The van der Waals surface area contributed by atoms with Crippen molar-refractivity contribution in [2.24, 2.45) is 0 Å². The van der Waals surface area contributed by atoms with Gasteiger partial charge in [-0.3, -0.25) is 19.6 Å². The zero-order chi connectivity index (χ0) is 21.1. The molecule has 0 fully saturated rings. The van der Waals surface area contributed by atoms with E-state index in [-0.39, 0.29) is 28.1 Å². The Morgan fingerprint density at radius 1 is 1.14 bits per heavy atom. The van der Waals surface area contributed by atoms with Crippen molar-refractivity contribution >= 4 is 33.2 Å². The van der Waals surface area contributed by atoms with Crippen LogP contribution < -0.4 is 4.72 Å². The van der Waals surface area contributed by atoms with Crippen molar-refractivity contribution in [3.05, 3.63) is 69.3 Å². The molecule has 2 aromatic rings. The number of sulfonamides is 1. The van der Waals surface area contributed by atoms with Gasteiger partial charge in [-0.1, -0.05) is 6.07 Å². The van der Waals surface area contributed by atoms with Crippen LogP contribution in [0.3, 0.4) is 0 Å². The Morgan fingerprint density at radius 2 is 1.75 bits per heavy atom. The Balaban J connectivity index is 2.13. The summed E-state index contributed by atoms with van der Waals surface area (Å²) in [4.78, 5) is 35.1. The van der Waals surface area contributed by atoms with Crippen molar-refractivity contribution in [2.75, 3.05) is 11.0 Å². The first-order chi connectivity index (χ1) is 13.0. The third-order valence-electron chi connectivity index (χ3n) is 3.85. The van der Waals surface area contributed by atoms with Gasteiger partial charge in [0.1, 0.15) is 0 Å². The molecular formula is C18H18N2O7S. The van der Waals surface area contributed by atoms with Crippen LogP contribution in [0, 0.1) is 17.0 Å². The Labute approximate surface area is 161 Å². The minimum atomic E-state index is -3.44. The number of esters is 1. The van der Waals surface area contributed by atoms with Gasteiger partial charge >= 0.3 is 5.97 Å². The maximum Gasteiger partial charge on any atom is 0.339 e. The smallest absolute Gasteiger partial charge is 0.339 e. The van der Waals surface area contributed by atoms with Gasteiger partial charge in [0.2, 0.25) is 15.8 Å². The van der Waals surface area contributed by atoms with E-state index < -0.39 is 32.8 Å². The van der Waals surface area contributed by atoms with Crippen molar-refractivity contribution in [2.45, 2.75) is 20.0 Å². The highest BCUT2D eigenvalue weighted by Crippen LogP contribution is 2.22. The molecule has 0 saturated heterocycles. The molecule has 0 aliphatic heterocycles. The highest BCUT2D eigenvalue weighted by Gasteiger charge is 2.24. The van der Waals surface area contributed by atoms with Gasteiger partial charge in [-0.15, -0.1) is 0 Å². The fourth-order valence-corrected chi connectivity index (χ4v) is 3.04. The summed E-state index contributed by atoms with van der Waals surface area (Å²) in [6, 6.07) is 9.64. The van der Waals surface area contributed by atoms with E-state index in [0.717, 1.165) is 6.26 Å². The Bertz CT molecular complexity index is 1030. The molecular weight excluding hydrogens is 388 g/mol. The monoisotopic (exact) mass is 406 g/mol. The quantitative estimate of drug-likeness (QED) is 0.323. The fraction of sp³-hybridized carbons (Fsp3) is 0.222. The van der Waals surface area contributed by atoms with Crippen LogP contribution in [0.5, 0.6) is 0 Å². The van der Waals surface area contributed by atoms with E-state index in [1.165, 1.54) is 56.3 Å². The number of anilines is 1. The summed E-state index contributed by atoms with van der Waals surface area (Å²) in [7, 11) is -3.44. The van der Waals surface area contributed by atoms with Gasteiger partial charge in [-0.25, -0.2) is 13.2 Å². The lowest BCUT2D eigenvalue weighted by atomic mass is 10.1. The van der Waals surface area contributed by atoms with E-state index in [1.54, 1.807) is 0 Å². The number of Topliss-reactive ketones (excluding diaryl/α,β-unsaturated/α-hetero) is 1. The van der Waals surface area contributed by atoms with E-state index in [1.807, 2.05) is 0 Å². The zero-order valence-electron chi connectivity index (χ0n) is 15.3. The number of nitro groups is 1. The molecule has 28 heavy (non-hydrogen) atoms. The van der Waals surface area contributed by atoms with Gasteiger partial charge < -0.3 is 4.74 Å². The lowest BCUT2D eigenvalue weighted by Crippen LogP contribution is -2.25. The minimum Gasteiger partial charge on any atom is -0.451 e. The molecule has 0 unspecified atom stereocenters. The normalized spacial score (nSPS) is 12.1. The summed E-state index contributed by atoms with van der Waals surface area (Å²) in [5, 5.41) is 11.0. The summed E-state index contributed by atoms with van der Waals surface area (Å²) < 4.78 is 29.8. The number of ether oxygens (including phenoxy) is 1. The summed E-state index contributed by atoms with van der Waals surface area (Å²) in [5.74, 6) is -1.35. The summed E-state index contributed by atoms with van der Waals surface area (Å²) in [5.41, 5.74) is 0.434. The third-order valence-corrected chi connectivity index (χ3v) is 4.45. The van der Waals surface area contributed by atoms with Gasteiger partial charge in [0.25, 0.3) is 5.69 Å². The highest BCUT2D eigenvalue weighted by atomic mass is 32.2. The second kappa shape index (κ2) is 8.17. The topological polar surface area (TPSA) is 133 Å². The molecule has 0 heterocycles. The van der Waals surface area contributed by atoms with Crippen LogP contribution in [0.15, 0.2) is 42.5 Å². The van der Waals surface area contributed by atoms with Crippen LogP contribution in [-0.4, -0.2) is 37.5 Å². The fourth-order valence-electron chi connectivity index (χ4n) is 2.47. The average Bonchev–Trinajstić information content (AvgIpc) is 2.60. The zero-order valence-corrected chi connectivity index (χ0v) is 16.1. The Morgan fingerprint density at radius 3 is 2.29 bits per heavy atom. The molecule has 0 spiro atoms. The molecule has 1 N–H and O–H groups in total. The predicted molar refractivity (Wildman–Crippen MR) is 102 cm³/mol. The van der Waals surface area contributed by atoms with Crippen molar-refractivity contribution in [3.8, 4) is 0 Å². The molecule has 0 radical (unpaired) electrons. The number of hydrogen-bond donors (Lipinski definition) is 1. The molecule has 9 nitrogen and oxygen atoms in total. The third kappa shape index (κ3) is 5.13. The molecule has 148 valence electrons. The van der Waals surface area contributed by atoms with Crippen molar-refractivity contribution in [1.29, 1.82) is 0 Å².